The summed E-state index contributed by atoms with van der Waals surface area (Å²) in [5.74, 6) is 3.04. The first-order valence-corrected chi connectivity index (χ1v) is 10.6. The van der Waals surface area contributed by atoms with Gasteiger partial charge in [0.25, 0.3) is 5.91 Å². The number of hydrogen-bond donors (Lipinski definition) is 3. The molecule has 162 valence electrons. The van der Waals surface area contributed by atoms with Crippen LogP contribution in [0.4, 0.5) is 5.69 Å². The zero-order valence-corrected chi connectivity index (χ0v) is 17.5. The summed E-state index contributed by atoms with van der Waals surface area (Å²) in [6.07, 6.45) is 6.64. The van der Waals surface area contributed by atoms with E-state index in [2.05, 4.69) is 45.6 Å². The number of carbonyl (C=O) groups excluding carboxylic acids is 1. The van der Waals surface area contributed by atoms with E-state index in [9.17, 15) is 4.79 Å². The predicted molar refractivity (Wildman–Crippen MR) is 118 cm³/mol. The summed E-state index contributed by atoms with van der Waals surface area (Å²) in [6, 6.07) is 11.1. The van der Waals surface area contributed by atoms with E-state index < -0.39 is 0 Å². The summed E-state index contributed by atoms with van der Waals surface area (Å²) >= 11 is 0. The van der Waals surface area contributed by atoms with Gasteiger partial charge in [-0.25, -0.2) is 0 Å². The first-order valence-electron chi connectivity index (χ1n) is 10.6. The van der Waals surface area contributed by atoms with Crippen molar-refractivity contribution in [1.82, 2.24) is 40.2 Å². The normalized spacial score (nSPS) is 12.9. The molecule has 4 heterocycles. The molecule has 0 saturated heterocycles. The Hall–Kier alpha value is -4.08. The molecule has 0 radical (unpaired) electrons. The van der Waals surface area contributed by atoms with E-state index in [1.54, 1.807) is 18.5 Å². The van der Waals surface area contributed by atoms with Gasteiger partial charge < -0.3 is 20.2 Å². The molecule has 0 spiro atoms. The second-order valence-electron chi connectivity index (χ2n) is 7.61. The van der Waals surface area contributed by atoms with E-state index in [0.717, 1.165) is 48.7 Å². The van der Waals surface area contributed by atoms with Crippen molar-refractivity contribution >= 4 is 11.6 Å². The number of anilines is 1. The van der Waals surface area contributed by atoms with Crippen molar-refractivity contribution in [2.75, 3.05) is 5.32 Å². The highest BCUT2D eigenvalue weighted by Gasteiger charge is 2.16. The number of fused-ring (bicyclic) bond motifs is 1. The van der Waals surface area contributed by atoms with Crippen LogP contribution in [0, 0.1) is 0 Å². The molecule has 10 nitrogen and oxygen atoms in total. The number of nitrogens with one attached hydrogen (secondary N) is 3. The molecule has 3 N–H and O–H groups in total. The minimum absolute atomic E-state index is 0.151. The van der Waals surface area contributed by atoms with Crippen molar-refractivity contribution in [2.45, 2.75) is 38.9 Å². The van der Waals surface area contributed by atoms with Crippen LogP contribution in [-0.4, -0.2) is 40.8 Å². The maximum atomic E-state index is 12.7. The third-order valence-electron chi connectivity index (χ3n) is 5.42. The second-order valence-corrected chi connectivity index (χ2v) is 7.61. The highest BCUT2D eigenvalue weighted by atomic mass is 16.1. The van der Waals surface area contributed by atoms with E-state index in [4.69, 9.17) is 0 Å². The Bertz CT molecular complexity index is 1220. The third kappa shape index (κ3) is 4.34. The lowest BCUT2D eigenvalue weighted by Crippen LogP contribution is -2.25. The first-order chi connectivity index (χ1) is 15.8. The number of benzene rings is 1. The third-order valence-corrected chi connectivity index (χ3v) is 5.42. The molecule has 0 bridgehead atoms. The molecule has 0 atom stereocenters. The number of amides is 1. The Morgan fingerprint density at radius 2 is 1.94 bits per heavy atom. The van der Waals surface area contributed by atoms with E-state index in [1.165, 1.54) is 0 Å². The zero-order chi connectivity index (χ0) is 21.8. The summed E-state index contributed by atoms with van der Waals surface area (Å²) in [6.45, 7) is 1.73. The fraction of sp³-hybridized carbons (Fsp3) is 0.273. The van der Waals surface area contributed by atoms with Crippen molar-refractivity contribution in [3.63, 3.8) is 0 Å². The molecular weight excluding hydrogens is 406 g/mol. The molecule has 4 aromatic rings. The Kier molecular flexibility index (Phi) is 5.56. The molecule has 1 amide bonds. The van der Waals surface area contributed by atoms with Crippen molar-refractivity contribution in [3.8, 4) is 11.4 Å². The van der Waals surface area contributed by atoms with Gasteiger partial charge in [0, 0.05) is 42.2 Å². The fourth-order valence-corrected chi connectivity index (χ4v) is 3.73. The van der Waals surface area contributed by atoms with Gasteiger partial charge >= 0.3 is 0 Å². The number of aryl methyl sites for hydroxylation is 1. The number of H-pyrrole nitrogens is 1. The smallest absolute Gasteiger partial charge is 0.251 e. The molecule has 32 heavy (non-hydrogen) atoms. The number of nitrogens with zero attached hydrogens (tertiary/aromatic N) is 6. The number of rotatable bonds is 7. The van der Waals surface area contributed by atoms with Gasteiger partial charge in [0.2, 0.25) is 0 Å². The SMILES string of the molecule is O=C(NCc1nnc2n1CCCC2)c1cccc(NCc2nnc(-c3ccncc3)[nH]2)c1. The Balaban J connectivity index is 1.19. The van der Waals surface area contributed by atoms with E-state index in [1.807, 2.05) is 30.3 Å². The van der Waals surface area contributed by atoms with Gasteiger partial charge in [-0.3, -0.25) is 9.78 Å². The minimum atomic E-state index is -0.151. The largest absolute Gasteiger partial charge is 0.378 e. The Morgan fingerprint density at radius 1 is 1.03 bits per heavy atom. The van der Waals surface area contributed by atoms with Crippen LogP contribution in [-0.2, 0) is 26.1 Å². The van der Waals surface area contributed by atoms with Crippen molar-refractivity contribution in [2.24, 2.45) is 0 Å². The van der Waals surface area contributed by atoms with Crippen molar-refractivity contribution in [3.05, 3.63) is 71.8 Å². The van der Waals surface area contributed by atoms with Gasteiger partial charge in [-0.1, -0.05) is 6.07 Å². The standard InChI is InChI=1S/C22H23N9O/c32-22(25-14-20-29-28-19-6-1-2-11-31(19)20)16-4-3-5-17(12-16)24-13-18-26-21(30-27-18)15-7-9-23-10-8-15/h3-5,7-10,12,24H,1-2,6,11,13-14H2,(H,25,32)(H,26,27,30). The van der Waals surface area contributed by atoms with Crippen LogP contribution in [0.2, 0.25) is 0 Å². The second kappa shape index (κ2) is 8.96. The zero-order valence-electron chi connectivity index (χ0n) is 17.5. The Labute approximate surface area is 184 Å². The van der Waals surface area contributed by atoms with Crippen LogP contribution in [0.3, 0.4) is 0 Å². The summed E-state index contributed by atoms with van der Waals surface area (Å²) in [5, 5.41) is 23.0. The lowest BCUT2D eigenvalue weighted by Gasteiger charge is -2.15. The molecule has 0 fully saturated rings. The summed E-state index contributed by atoms with van der Waals surface area (Å²) in [5.41, 5.74) is 2.31. The highest BCUT2D eigenvalue weighted by Crippen LogP contribution is 2.16. The molecular formula is C22H23N9O. The lowest BCUT2D eigenvalue weighted by atomic mass is 10.1. The summed E-state index contributed by atoms with van der Waals surface area (Å²) in [7, 11) is 0. The number of aromatic nitrogens is 7. The van der Waals surface area contributed by atoms with Crippen LogP contribution in [0.15, 0.2) is 48.8 Å². The van der Waals surface area contributed by atoms with Crippen molar-refractivity contribution in [1.29, 1.82) is 0 Å². The number of carbonyl (C=O) groups is 1. The topological polar surface area (TPSA) is 126 Å². The van der Waals surface area contributed by atoms with Gasteiger partial charge in [-0.2, -0.15) is 0 Å². The molecule has 0 unspecified atom stereocenters. The molecule has 0 aliphatic carbocycles. The van der Waals surface area contributed by atoms with Gasteiger partial charge in [-0.15, -0.1) is 20.4 Å². The maximum Gasteiger partial charge on any atom is 0.251 e. The quantitative estimate of drug-likeness (QED) is 0.411. The monoisotopic (exact) mass is 429 g/mol. The average Bonchev–Trinajstić information content (AvgIpc) is 3.49. The van der Waals surface area contributed by atoms with Crippen LogP contribution >= 0.6 is 0 Å². The van der Waals surface area contributed by atoms with Crippen molar-refractivity contribution < 1.29 is 4.79 Å². The summed E-state index contributed by atoms with van der Waals surface area (Å²) in [4.78, 5) is 19.9. The average molecular weight is 429 g/mol. The van der Waals surface area contributed by atoms with Gasteiger partial charge in [0.15, 0.2) is 11.6 Å². The maximum absolute atomic E-state index is 12.7. The van der Waals surface area contributed by atoms with Crippen LogP contribution in [0.25, 0.3) is 11.4 Å². The number of hydrogen-bond acceptors (Lipinski definition) is 7. The molecule has 0 saturated carbocycles. The molecule has 1 aromatic carbocycles. The van der Waals surface area contributed by atoms with Gasteiger partial charge in [0.1, 0.15) is 11.6 Å². The Morgan fingerprint density at radius 3 is 2.84 bits per heavy atom. The van der Waals surface area contributed by atoms with Crippen LogP contribution in [0.5, 0.6) is 0 Å². The highest BCUT2D eigenvalue weighted by molar-refractivity contribution is 5.95. The van der Waals surface area contributed by atoms with Gasteiger partial charge in [0.05, 0.1) is 13.1 Å². The van der Waals surface area contributed by atoms with Crippen LogP contribution < -0.4 is 10.6 Å². The van der Waals surface area contributed by atoms with Gasteiger partial charge in [-0.05, 0) is 43.2 Å². The lowest BCUT2D eigenvalue weighted by molar-refractivity contribution is 0.0949. The molecule has 1 aliphatic rings. The molecule has 3 aromatic heterocycles. The van der Waals surface area contributed by atoms with E-state index in [0.29, 0.717) is 30.3 Å². The fourth-order valence-electron chi connectivity index (χ4n) is 3.73. The molecule has 10 heteroatoms. The minimum Gasteiger partial charge on any atom is -0.378 e. The predicted octanol–water partition coefficient (Wildman–Crippen LogP) is 2.34. The number of aromatic amines is 1. The van der Waals surface area contributed by atoms with E-state index in [-0.39, 0.29) is 5.91 Å². The van der Waals surface area contributed by atoms with Crippen LogP contribution in [0.1, 0.15) is 40.7 Å². The van der Waals surface area contributed by atoms with E-state index >= 15 is 0 Å². The molecule has 5 rings (SSSR count). The number of pyridine rings is 1. The molecule has 1 aliphatic heterocycles. The summed E-state index contributed by atoms with van der Waals surface area (Å²) < 4.78 is 2.11. The first kappa shape index (κ1) is 19.9.